The van der Waals surface area contributed by atoms with E-state index >= 15 is 4.79 Å². The molecule has 2 heterocycles. The molecule has 1 fully saturated rings. The van der Waals surface area contributed by atoms with Gasteiger partial charge in [0.2, 0.25) is 0 Å². The lowest BCUT2D eigenvalue weighted by Crippen LogP contribution is -2.32. The Morgan fingerprint density at radius 1 is 0.773 bits per heavy atom. The van der Waals surface area contributed by atoms with Crippen LogP contribution in [-0.4, -0.2) is 15.7 Å². The molecule has 5 unspecified atom stereocenters. The van der Waals surface area contributed by atoms with Crippen molar-refractivity contribution in [2.75, 3.05) is 5.06 Å². The van der Waals surface area contributed by atoms with E-state index in [1.54, 1.807) is 4.68 Å². The third-order valence-electron chi connectivity index (χ3n) is 9.48. The molecule has 0 spiro atoms. The number of hydrogen-bond donors (Lipinski definition) is 0. The van der Waals surface area contributed by atoms with E-state index in [0.29, 0.717) is 17.8 Å². The molecule has 0 amide bonds. The van der Waals surface area contributed by atoms with Gasteiger partial charge in [-0.2, -0.15) is 9.78 Å². The molecule has 1 aromatic heterocycles. The van der Waals surface area contributed by atoms with Gasteiger partial charge in [-0.1, -0.05) is 130 Å². The molecule has 5 atom stereocenters. The van der Waals surface area contributed by atoms with Crippen LogP contribution in [0.4, 0.5) is 5.69 Å². The molecule has 0 N–H and O–H groups in total. The van der Waals surface area contributed by atoms with Crippen molar-refractivity contribution in [2.24, 2.45) is 11.8 Å². The summed E-state index contributed by atoms with van der Waals surface area (Å²) in [5.74, 6) is 0.451. The smallest absolute Gasteiger partial charge is 0.256 e. The minimum atomic E-state index is -0.559. The zero-order valence-electron chi connectivity index (χ0n) is 25.6. The predicted octanol–water partition coefficient (Wildman–Crippen LogP) is 9.38. The van der Waals surface area contributed by atoms with Gasteiger partial charge in [0, 0.05) is 17.0 Å². The van der Waals surface area contributed by atoms with Gasteiger partial charge in [0.05, 0.1) is 23.1 Å². The second-order valence-electron chi connectivity index (χ2n) is 12.6. The number of carbonyl (C=O) groups is 1. The molecule has 1 aliphatic carbocycles. The number of benzene rings is 4. The fraction of sp³-hybridized carbons (Fsp3) is 0.282. The fourth-order valence-corrected chi connectivity index (χ4v) is 7.27. The van der Waals surface area contributed by atoms with E-state index in [1.807, 2.05) is 90.0 Å². The maximum Gasteiger partial charge on any atom is 0.256 e. The first kappa shape index (κ1) is 28.3. The number of carbonyl (C=O) groups excluding carboxylic acids is 1. The van der Waals surface area contributed by atoms with Crippen molar-refractivity contribution in [3.05, 3.63) is 144 Å². The number of fused-ring (bicyclic) bond motifs is 1. The molecule has 0 bridgehead atoms. The Bertz CT molecular complexity index is 1720. The van der Waals surface area contributed by atoms with Crippen molar-refractivity contribution in [3.63, 3.8) is 0 Å². The molecule has 5 nitrogen and oxygen atoms in total. The maximum absolute atomic E-state index is 15.4. The Balaban J connectivity index is 1.45. The van der Waals surface area contributed by atoms with E-state index in [9.17, 15) is 0 Å². The highest BCUT2D eigenvalue weighted by molar-refractivity contribution is 5.89. The minimum absolute atomic E-state index is 0.0471. The Morgan fingerprint density at radius 3 is 1.95 bits per heavy atom. The van der Waals surface area contributed by atoms with Crippen molar-refractivity contribution >= 4 is 11.6 Å². The Labute approximate surface area is 260 Å². The van der Waals surface area contributed by atoms with Crippen molar-refractivity contribution in [2.45, 2.75) is 57.6 Å². The van der Waals surface area contributed by atoms with Crippen LogP contribution in [0.2, 0.25) is 0 Å². The first-order valence-electron chi connectivity index (χ1n) is 15.9. The van der Waals surface area contributed by atoms with E-state index in [2.05, 4.69) is 57.2 Å². The molecule has 5 heteroatoms. The quantitative estimate of drug-likeness (QED) is 0.200. The first-order chi connectivity index (χ1) is 21.5. The molecule has 2 aliphatic rings. The zero-order chi connectivity index (χ0) is 30.2. The van der Waals surface area contributed by atoms with E-state index in [1.165, 1.54) is 5.56 Å². The molecular weight excluding hydrogens is 542 g/mol. The molecule has 44 heavy (non-hydrogen) atoms. The summed E-state index contributed by atoms with van der Waals surface area (Å²) in [6.07, 6.45) is 1.67. The summed E-state index contributed by atoms with van der Waals surface area (Å²) in [5.41, 5.74) is 7.17. The molecule has 222 valence electrons. The lowest BCUT2D eigenvalue weighted by atomic mass is 9.75. The second kappa shape index (κ2) is 11.9. The van der Waals surface area contributed by atoms with E-state index in [-0.39, 0.29) is 11.9 Å². The van der Waals surface area contributed by atoms with Gasteiger partial charge in [-0.3, -0.25) is 9.63 Å². The normalized spacial score (nSPS) is 23.1. The van der Waals surface area contributed by atoms with Crippen LogP contribution in [0, 0.1) is 11.8 Å². The van der Waals surface area contributed by atoms with Crippen LogP contribution in [0.3, 0.4) is 0 Å². The largest absolute Gasteiger partial charge is 0.272 e. The number of aromatic nitrogens is 2. The van der Waals surface area contributed by atoms with Crippen LogP contribution in [0.1, 0.15) is 84.8 Å². The predicted molar refractivity (Wildman–Crippen MR) is 175 cm³/mol. The number of anilines is 1. The Hall–Kier alpha value is -4.48. The summed E-state index contributed by atoms with van der Waals surface area (Å²) in [6.45, 7) is 6.83. The van der Waals surface area contributed by atoms with Crippen LogP contribution >= 0.6 is 0 Å². The van der Waals surface area contributed by atoms with Gasteiger partial charge in [0.1, 0.15) is 12.0 Å². The molecule has 5 aromatic rings. The third kappa shape index (κ3) is 4.95. The molecular formula is C39H39N3O2. The average Bonchev–Trinajstić information content (AvgIpc) is 3.67. The summed E-state index contributed by atoms with van der Waals surface area (Å²) >= 11 is 0. The van der Waals surface area contributed by atoms with Crippen molar-refractivity contribution in [1.29, 1.82) is 0 Å². The van der Waals surface area contributed by atoms with Crippen LogP contribution in [-0.2, 0) is 4.84 Å². The fourth-order valence-electron chi connectivity index (χ4n) is 7.27. The van der Waals surface area contributed by atoms with Gasteiger partial charge in [-0.15, -0.1) is 0 Å². The number of hydrogen-bond acceptors (Lipinski definition) is 4. The van der Waals surface area contributed by atoms with Gasteiger partial charge < -0.3 is 0 Å². The molecule has 4 aromatic carbocycles. The van der Waals surface area contributed by atoms with E-state index in [4.69, 9.17) is 9.94 Å². The van der Waals surface area contributed by atoms with Gasteiger partial charge in [-0.05, 0) is 47.9 Å². The average molecular weight is 582 g/mol. The highest BCUT2D eigenvalue weighted by Crippen LogP contribution is 2.51. The van der Waals surface area contributed by atoms with Crippen LogP contribution in [0.25, 0.3) is 11.3 Å². The summed E-state index contributed by atoms with van der Waals surface area (Å²) in [4.78, 5) is 22.2. The molecule has 1 saturated heterocycles. The van der Waals surface area contributed by atoms with Crippen LogP contribution in [0.5, 0.6) is 0 Å². The SMILES string of the molecule is CC1CCC(C(C)C)c2nn(C(=O)C3C(c4ccccc4)ON(c4ccccc4)C3c3ccccc3)c(-c3ccccc3)c21. The van der Waals surface area contributed by atoms with Crippen molar-refractivity contribution < 1.29 is 9.63 Å². The highest BCUT2D eigenvalue weighted by atomic mass is 16.7. The van der Waals surface area contributed by atoms with Gasteiger partial charge in [-0.25, -0.2) is 5.06 Å². The van der Waals surface area contributed by atoms with Gasteiger partial charge in [0.15, 0.2) is 0 Å². The van der Waals surface area contributed by atoms with Gasteiger partial charge in [0.25, 0.3) is 5.91 Å². The van der Waals surface area contributed by atoms with Crippen molar-refractivity contribution in [1.82, 2.24) is 9.78 Å². The summed E-state index contributed by atoms with van der Waals surface area (Å²) in [7, 11) is 0. The number of rotatable bonds is 6. The Kier molecular flexibility index (Phi) is 7.65. The molecule has 1 aliphatic heterocycles. The Morgan fingerprint density at radius 2 is 1.34 bits per heavy atom. The third-order valence-corrected chi connectivity index (χ3v) is 9.48. The second-order valence-corrected chi connectivity index (χ2v) is 12.6. The zero-order valence-corrected chi connectivity index (χ0v) is 25.6. The van der Waals surface area contributed by atoms with Gasteiger partial charge >= 0.3 is 0 Å². The molecule has 7 rings (SSSR count). The minimum Gasteiger partial charge on any atom is -0.272 e. The van der Waals surface area contributed by atoms with E-state index in [0.717, 1.165) is 46.6 Å². The maximum atomic E-state index is 15.4. The van der Waals surface area contributed by atoms with Crippen molar-refractivity contribution in [3.8, 4) is 11.3 Å². The molecule has 0 saturated carbocycles. The number of nitrogens with zero attached hydrogens (tertiary/aromatic N) is 3. The topological polar surface area (TPSA) is 47.4 Å². The summed E-state index contributed by atoms with van der Waals surface area (Å²) < 4.78 is 1.76. The van der Waals surface area contributed by atoms with E-state index < -0.39 is 12.0 Å². The number of hydroxylamine groups is 1. The lowest BCUT2D eigenvalue weighted by Gasteiger charge is -2.29. The monoisotopic (exact) mass is 581 g/mol. The highest BCUT2D eigenvalue weighted by Gasteiger charge is 2.51. The van der Waals surface area contributed by atoms with Crippen LogP contribution < -0.4 is 5.06 Å². The van der Waals surface area contributed by atoms with Crippen LogP contribution in [0.15, 0.2) is 121 Å². The summed E-state index contributed by atoms with van der Waals surface area (Å²) in [5, 5.41) is 7.22. The first-order valence-corrected chi connectivity index (χ1v) is 15.9. The standard InChI is InChI=1S/C39H39N3O2/c1-26(2)32-25-24-27(3)33-35(32)40-41(36(33)28-16-8-4-9-17-28)39(43)34-37(29-18-10-5-11-19-29)42(31-22-14-7-15-23-31)44-38(34)30-20-12-6-13-21-30/h4-23,26-27,32,34,37-38H,24-25H2,1-3H3. The molecule has 0 radical (unpaired) electrons. The summed E-state index contributed by atoms with van der Waals surface area (Å²) in [6, 6.07) is 40.5. The number of para-hydroxylation sites is 1. The lowest BCUT2D eigenvalue weighted by molar-refractivity contribution is 0.0542.